The van der Waals surface area contributed by atoms with Crippen molar-refractivity contribution < 1.29 is 0 Å². The average Bonchev–Trinajstić information content (AvgIpc) is 3.52. The topological polar surface area (TPSA) is 30.7 Å². The van der Waals surface area contributed by atoms with E-state index in [2.05, 4.69) is 144 Å². The first-order valence-electron chi connectivity index (χ1n) is 14.6. The molecule has 0 spiro atoms. The quantitative estimate of drug-likeness (QED) is 0.205. The Balaban J connectivity index is 1.34. The maximum atomic E-state index is 4.74. The maximum absolute atomic E-state index is 4.74. The zero-order valence-electron chi connectivity index (χ0n) is 23.3. The minimum absolute atomic E-state index is 0.825. The van der Waals surface area contributed by atoms with Crippen molar-refractivity contribution >= 4 is 43.1 Å². The van der Waals surface area contributed by atoms with Gasteiger partial charge in [-0.3, -0.25) is 4.57 Å². The van der Waals surface area contributed by atoms with Crippen LogP contribution in [0.25, 0.3) is 82.7 Å². The summed E-state index contributed by atoms with van der Waals surface area (Å²) in [5.74, 6) is 1.65. The molecule has 0 saturated carbocycles. The lowest BCUT2D eigenvalue weighted by molar-refractivity contribution is 1.09. The van der Waals surface area contributed by atoms with Gasteiger partial charge in [-0.25, -0.2) is 0 Å². The molecule has 1 aromatic heterocycles. The molecule has 3 nitrogen and oxygen atoms in total. The molecule has 0 aliphatic heterocycles. The Morgan fingerprint density at radius 3 is 1.60 bits per heavy atom. The lowest BCUT2D eigenvalue weighted by Crippen LogP contribution is -2.02. The molecule has 8 aromatic carbocycles. The van der Waals surface area contributed by atoms with E-state index < -0.39 is 0 Å². The molecule has 0 saturated heterocycles. The summed E-state index contributed by atoms with van der Waals surface area (Å²) < 4.78 is 2.22. The van der Waals surface area contributed by atoms with Crippen LogP contribution in [0.3, 0.4) is 0 Å². The molecule has 0 atom stereocenters. The minimum Gasteiger partial charge on any atom is -0.274 e. The van der Waals surface area contributed by atoms with Gasteiger partial charge in [-0.2, -0.15) is 0 Å². The second-order valence-electron chi connectivity index (χ2n) is 11.1. The van der Waals surface area contributed by atoms with Crippen LogP contribution < -0.4 is 0 Å². The van der Waals surface area contributed by atoms with E-state index in [0.29, 0.717) is 0 Å². The predicted molar refractivity (Wildman–Crippen MR) is 179 cm³/mol. The normalized spacial score (nSPS) is 11.7. The zero-order chi connectivity index (χ0) is 28.3. The van der Waals surface area contributed by atoms with Crippen molar-refractivity contribution in [3.8, 4) is 39.6 Å². The molecule has 0 bridgehead atoms. The monoisotopic (exact) mass is 547 g/mol. The van der Waals surface area contributed by atoms with Crippen LogP contribution in [0.1, 0.15) is 0 Å². The van der Waals surface area contributed by atoms with Gasteiger partial charge < -0.3 is 0 Å². The minimum atomic E-state index is 0.825. The molecular weight excluding hydrogens is 522 g/mol. The van der Waals surface area contributed by atoms with Gasteiger partial charge in [0.25, 0.3) is 0 Å². The highest BCUT2D eigenvalue weighted by Gasteiger charge is 2.21. The first-order chi connectivity index (χ1) is 21.3. The van der Waals surface area contributed by atoms with Crippen LogP contribution in [-0.4, -0.2) is 14.8 Å². The van der Waals surface area contributed by atoms with Crippen molar-refractivity contribution in [2.45, 2.75) is 0 Å². The van der Waals surface area contributed by atoms with E-state index in [0.717, 1.165) is 28.5 Å². The van der Waals surface area contributed by atoms with Gasteiger partial charge in [-0.15, -0.1) is 10.2 Å². The fourth-order valence-electron chi connectivity index (χ4n) is 6.65. The van der Waals surface area contributed by atoms with Gasteiger partial charge in [0.15, 0.2) is 11.6 Å². The number of hydrogen-bond acceptors (Lipinski definition) is 2. The number of benzene rings is 8. The summed E-state index contributed by atoms with van der Waals surface area (Å²) in [4.78, 5) is 0. The van der Waals surface area contributed by atoms with Crippen LogP contribution >= 0.6 is 0 Å². The number of fused-ring (bicyclic) bond motifs is 1. The standard InChI is InChI=1S/C40H25N3/c1-3-10-29(11-4-1)39-41-42-40(30-12-5-2-6-13-30)43(39)36-24-20-28-18-22-34-33(21-17-27-19-23-35(36)38(28)37(27)34)32-16-15-26-9-7-8-14-31(26)25-32/h1-25H. The van der Waals surface area contributed by atoms with Gasteiger partial charge in [-0.05, 0) is 61.0 Å². The van der Waals surface area contributed by atoms with Crippen molar-refractivity contribution in [2.75, 3.05) is 0 Å². The largest absolute Gasteiger partial charge is 0.274 e. The van der Waals surface area contributed by atoms with Gasteiger partial charge in [0, 0.05) is 16.5 Å². The third-order valence-corrected chi connectivity index (χ3v) is 8.67. The number of aromatic nitrogens is 3. The molecule has 3 heteroatoms. The lowest BCUT2D eigenvalue weighted by Gasteiger charge is -2.18. The molecule has 0 radical (unpaired) electrons. The summed E-state index contributed by atoms with van der Waals surface area (Å²) >= 11 is 0. The summed E-state index contributed by atoms with van der Waals surface area (Å²) in [6, 6.07) is 54.1. The molecule has 1 heterocycles. The first-order valence-corrected chi connectivity index (χ1v) is 14.6. The molecule has 0 unspecified atom stereocenters. The first kappa shape index (κ1) is 23.9. The Labute approximate surface area is 248 Å². The van der Waals surface area contributed by atoms with Crippen LogP contribution in [0.2, 0.25) is 0 Å². The molecule has 43 heavy (non-hydrogen) atoms. The van der Waals surface area contributed by atoms with E-state index in [4.69, 9.17) is 10.2 Å². The van der Waals surface area contributed by atoms with Crippen molar-refractivity contribution in [3.63, 3.8) is 0 Å². The Morgan fingerprint density at radius 1 is 0.372 bits per heavy atom. The van der Waals surface area contributed by atoms with Crippen LogP contribution in [0, 0.1) is 0 Å². The van der Waals surface area contributed by atoms with E-state index in [1.54, 1.807) is 0 Å². The smallest absolute Gasteiger partial charge is 0.168 e. The highest BCUT2D eigenvalue weighted by atomic mass is 15.3. The molecule has 0 aliphatic carbocycles. The third-order valence-electron chi connectivity index (χ3n) is 8.67. The second-order valence-corrected chi connectivity index (χ2v) is 11.1. The highest BCUT2D eigenvalue weighted by molar-refractivity contribution is 6.27. The summed E-state index contributed by atoms with van der Waals surface area (Å²) in [6.45, 7) is 0. The van der Waals surface area contributed by atoms with Crippen molar-refractivity contribution in [1.29, 1.82) is 0 Å². The van der Waals surface area contributed by atoms with Crippen molar-refractivity contribution in [3.05, 3.63) is 152 Å². The van der Waals surface area contributed by atoms with E-state index in [-0.39, 0.29) is 0 Å². The van der Waals surface area contributed by atoms with Crippen molar-refractivity contribution in [1.82, 2.24) is 14.8 Å². The summed E-state index contributed by atoms with van der Waals surface area (Å²) in [7, 11) is 0. The summed E-state index contributed by atoms with van der Waals surface area (Å²) in [5, 5.41) is 19.5. The predicted octanol–water partition coefficient (Wildman–Crippen LogP) is 10.3. The summed E-state index contributed by atoms with van der Waals surface area (Å²) in [5.41, 5.74) is 5.61. The van der Waals surface area contributed by atoms with Gasteiger partial charge in [0.2, 0.25) is 0 Å². The molecule has 0 fully saturated rings. The number of rotatable bonds is 4. The SMILES string of the molecule is c1ccc(-c2nnc(-c3ccccc3)n2-c2ccc3ccc4c(-c5ccc6ccccc6c5)ccc5ccc2c3c54)cc1. The average molecular weight is 548 g/mol. The van der Waals surface area contributed by atoms with E-state index in [9.17, 15) is 0 Å². The number of nitrogens with zero attached hydrogens (tertiary/aromatic N) is 3. The van der Waals surface area contributed by atoms with Gasteiger partial charge in [0.1, 0.15) is 0 Å². The second kappa shape index (κ2) is 9.37. The Bertz CT molecular complexity index is 2380. The lowest BCUT2D eigenvalue weighted by atomic mass is 9.89. The fourth-order valence-corrected chi connectivity index (χ4v) is 6.65. The van der Waals surface area contributed by atoms with Crippen LogP contribution in [0.4, 0.5) is 0 Å². The Kier molecular flexibility index (Phi) is 5.20. The Morgan fingerprint density at radius 2 is 0.907 bits per heavy atom. The van der Waals surface area contributed by atoms with Gasteiger partial charge >= 0.3 is 0 Å². The van der Waals surface area contributed by atoms with Crippen LogP contribution in [0.5, 0.6) is 0 Å². The van der Waals surface area contributed by atoms with E-state index in [1.807, 2.05) is 12.1 Å². The van der Waals surface area contributed by atoms with E-state index >= 15 is 0 Å². The van der Waals surface area contributed by atoms with Gasteiger partial charge in [-0.1, -0.05) is 140 Å². The van der Waals surface area contributed by atoms with E-state index in [1.165, 1.54) is 54.2 Å². The maximum Gasteiger partial charge on any atom is 0.168 e. The molecule has 9 aromatic rings. The molecule has 0 N–H and O–H groups in total. The highest BCUT2D eigenvalue weighted by Crippen LogP contribution is 2.42. The molecule has 0 aliphatic rings. The Hall–Kier alpha value is -5.80. The molecule has 9 rings (SSSR count). The molecule has 0 amide bonds. The van der Waals surface area contributed by atoms with Gasteiger partial charge in [0.05, 0.1) is 5.69 Å². The third kappa shape index (κ3) is 3.68. The summed E-state index contributed by atoms with van der Waals surface area (Å²) in [6.07, 6.45) is 0. The number of hydrogen-bond donors (Lipinski definition) is 0. The van der Waals surface area contributed by atoms with Crippen LogP contribution in [0.15, 0.2) is 152 Å². The molecular formula is C40H25N3. The van der Waals surface area contributed by atoms with Crippen LogP contribution in [-0.2, 0) is 0 Å². The molecule has 200 valence electrons. The fraction of sp³-hybridized carbons (Fsp3) is 0. The zero-order valence-corrected chi connectivity index (χ0v) is 23.3. The van der Waals surface area contributed by atoms with Crippen molar-refractivity contribution in [2.24, 2.45) is 0 Å².